The summed E-state index contributed by atoms with van der Waals surface area (Å²) in [4.78, 5) is 1.02. The lowest BCUT2D eigenvalue weighted by atomic mass is 10.3. The van der Waals surface area contributed by atoms with Crippen LogP contribution in [0.2, 0.25) is 5.02 Å². The molecule has 0 radical (unpaired) electrons. The van der Waals surface area contributed by atoms with Crippen LogP contribution in [-0.4, -0.2) is 20.2 Å². The molecule has 0 aliphatic rings. The van der Waals surface area contributed by atoms with E-state index in [-0.39, 0.29) is 6.79 Å². The molecule has 4 heteroatoms. The van der Waals surface area contributed by atoms with Crippen LogP contribution in [0, 0.1) is 0 Å². The molecule has 0 fully saturated rings. The number of hydrogen-bond acceptors (Lipinski definition) is 3. The van der Waals surface area contributed by atoms with Crippen molar-refractivity contribution >= 4 is 23.4 Å². The average Bonchev–Trinajstić information content (AvgIpc) is 2.16. The normalized spacial score (nSPS) is 10.1. The Morgan fingerprint density at radius 3 is 2.85 bits per heavy atom. The van der Waals surface area contributed by atoms with Crippen molar-refractivity contribution in [1.82, 2.24) is 0 Å². The Kier molecular flexibility index (Phi) is 4.42. The predicted octanol–water partition coefficient (Wildman–Crippen LogP) is 3.04. The van der Waals surface area contributed by atoms with Gasteiger partial charge < -0.3 is 9.47 Å². The largest absolute Gasteiger partial charge is 0.466 e. The summed E-state index contributed by atoms with van der Waals surface area (Å²) in [6.07, 6.45) is 1.98. The van der Waals surface area contributed by atoms with E-state index in [1.807, 2.05) is 18.4 Å². The summed E-state index contributed by atoms with van der Waals surface area (Å²) in [5, 5.41) is 0.717. The Hall–Kier alpha value is -0.380. The lowest BCUT2D eigenvalue weighted by molar-refractivity contribution is 0.0491. The van der Waals surface area contributed by atoms with Crippen LogP contribution in [0.4, 0.5) is 0 Å². The molecular formula is C9H11ClO2S. The third-order valence-electron chi connectivity index (χ3n) is 1.46. The Morgan fingerprint density at radius 1 is 1.46 bits per heavy atom. The van der Waals surface area contributed by atoms with Crippen LogP contribution >= 0.6 is 23.4 Å². The van der Waals surface area contributed by atoms with Gasteiger partial charge in [0.2, 0.25) is 0 Å². The lowest BCUT2D eigenvalue weighted by Crippen LogP contribution is -1.99. The second kappa shape index (κ2) is 5.37. The molecule has 0 saturated carbocycles. The maximum absolute atomic E-state index is 5.83. The highest BCUT2D eigenvalue weighted by molar-refractivity contribution is 7.98. The van der Waals surface area contributed by atoms with Crippen molar-refractivity contribution in [3.8, 4) is 5.75 Å². The van der Waals surface area contributed by atoms with Crippen LogP contribution in [0.1, 0.15) is 0 Å². The molecule has 1 aromatic carbocycles. The number of methoxy groups -OCH3 is 1. The van der Waals surface area contributed by atoms with Gasteiger partial charge in [-0.1, -0.05) is 11.6 Å². The predicted molar refractivity (Wildman–Crippen MR) is 55.7 cm³/mol. The zero-order valence-corrected chi connectivity index (χ0v) is 9.11. The summed E-state index contributed by atoms with van der Waals surface area (Å²) < 4.78 is 10.1. The smallest absolute Gasteiger partial charge is 0.188 e. The summed E-state index contributed by atoms with van der Waals surface area (Å²) in [7, 11) is 1.59. The molecular weight excluding hydrogens is 208 g/mol. The van der Waals surface area contributed by atoms with Crippen molar-refractivity contribution in [2.75, 3.05) is 20.2 Å². The molecule has 0 unspecified atom stereocenters. The molecule has 1 rings (SSSR count). The van der Waals surface area contributed by atoms with Gasteiger partial charge in [0, 0.05) is 12.1 Å². The van der Waals surface area contributed by atoms with E-state index in [9.17, 15) is 0 Å². The van der Waals surface area contributed by atoms with E-state index in [0.29, 0.717) is 5.02 Å². The first kappa shape index (κ1) is 10.7. The van der Waals surface area contributed by atoms with Crippen LogP contribution < -0.4 is 4.74 Å². The van der Waals surface area contributed by atoms with Crippen LogP contribution in [0.3, 0.4) is 0 Å². The van der Waals surface area contributed by atoms with Crippen LogP contribution in [-0.2, 0) is 4.74 Å². The van der Waals surface area contributed by atoms with Crippen molar-refractivity contribution in [3.05, 3.63) is 23.2 Å². The Bertz CT molecular complexity index is 278. The minimum Gasteiger partial charge on any atom is -0.466 e. The second-order valence-electron chi connectivity index (χ2n) is 2.35. The SMILES string of the molecule is COCOc1ccc(Cl)cc1SC. The Balaban J connectivity index is 2.79. The maximum Gasteiger partial charge on any atom is 0.188 e. The number of halogens is 1. The molecule has 0 aliphatic carbocycles. The second-order valence-corrected chi connectivity index (χ2v) is 3.63. The van der Waals surface area contributed by atoms with Crippen molar-refractivity contribution in [3.63, 3.8) is 0 Å². The highest BCUT2D eigenvalue weighted by Crippen LogP contribution is 2.30. The molecule has 0 spiro atoms. The van der Waals surface area contributed by atoms with Crippen molar-refractivity contribution < 1.29 is 9.47 Å². The van der Waals surface area contributed by atoms with Crippen LogP contribution in [0.25, 0.3) is 0 Å². The zero-order valence-electron chi connectivity index (χ0n) is 7.54. The molecule has 0 aromatic heterocycles. The molecule has 2 nitrogen and oxygen atoms in total. The van der Waals surface area contributed by atoms with Gasteiger partial charge in [-0.15, -0.1) is 11.8 Å². The Labute approximate surface area is 87.2 Å². The summed E-state index contributed by atoms with van der Waals surface area (Å²) >= 11 is 7.42. The average molecular weight is 219 g/mol. The van der Waals surface area contributed by atoms with E-state index in [1.165, 1.54) is 0 Å². The van der Waals surface area contributed by atoms with E-state index in [1.54, 1.807) is 24.9 Å². The maximum atomic E-state index is 5.83. The monoisotopic (exact) mass is 218 g/mol. The first-order valence-electron chi connectivity index (χ1n) is 3.73. The molecule has 0 atom stereocenters. The summed E-state index contributed by atoms with van der Waals surface area (Å²) in [5.74, 6) is 0.804. The quantitative estimate of drug-likeness (QED) is 0.572. The van der Waals surface area contributed by atoms with Gasteiger partial charge in [-0.2, -0.15) is 0 Å². The molecule has 0 saturated heterocycles. The van der Waals surface area contributed by atoms with Gasteiger partial charge in [-0.3, -0.25) is 0 Å². The third-order valence-corrected chi connectivity index (χ3v) is 2.45. The molecule has 13 heavy (non-hydrogen) atoms. The van der Waals surface area contributed by atoms with Gasteiger partial charge in [0.15, 0.2) is 6.79 Å². The topological polar surface area (TPSA) is 18.5 Å². The van der Waals surface area contributed by atoms with Crippen molar-refractivity contribution in [2.24, 2.45) is 0 Å². The number of hydrogen-bond donors (Lipinski definition) is 0. The van der Waals surface area contributed by atoms with E-state index in [0.717, 1.165) is 10.6 Å². The van der Waals surface area contributed by atoms with Gasteiger partial charge in [0.1, 0.15) is 5.75 Å². The minimum atomic E-state index is 0.259. The van der Waals surface area contributed by atoms with Gasteiger partial charge in [0.05, 0.1) is 4.90 Å². The number of thioether (sulfide) groups is 1. The standard InChI is InChI=1S/C9H11ClO2S/c1-11-6-12-8-4-3-7(10)5-9(8)13-2/h3-5H,6H2,1-2H3. The fraction of sp³-hybridized carbons (Fsp3) is 0.333. The summed E-state index contributed by atoms with van der Waals surface area (Å²) in [6.45, 7) is 0.259. The fourth-order valence-electron chi connectivity index (χ4n) is 0.883. The molecule has 72 valence electrons. The third kappa shape index (κ3) is 3.10. The van der Waals surface area contributed by atoms with Gasteiger partial charge in [-0.25, -0.2) is 0 Å². The van der Waals surface area contributed by atoms with Gasteiger partial charge in [0.25, 0.3) is 0 Å². The molecule has 1 aromatic rings. The van der Waals surface area contributed by atoms with Crippen LogP contribution in [0.15, 0.2) is 23.1 Å². The molecule has 0 amide bonds. The van der Waals surface area contributed by atoms with Crippen molar-refractivity contribution in [2.45, 2.75) is 4.90 Å². The molecule has 0 aliphatic heterocycles. The zero-order chi connectivity index (χ0) is 9.68. The van der Waals surface area contributed by atoms with E-state index in [4.69, 9.17) is 21.1 Å². The summed E-state index contributed by atoms with van der Waals surface area (Å²) in [5.41, 5.74) is 0. The number of benzene rings is 1. The lowest BCUT2D eigenvalue weighted by Gasteiger charge is -2.08. The van der Waals surface area contributed by atoms with E-state index in [2.05, 4.69) is 0 Å². The van der Waals surface area contributed by atoms with Gasteiger partial charge >= 0.3 is 0 Å². The number of rotatable bonds is 4. The van der Waals surface area contributed by atoms with Crippen LogP contribution in [0.5, 0.6) is 5.75 Å². The molecule has 0 heterocycles. The fourth-order valence-corrected chi connectivity index (χ4v) is 1.69. The highest BCUT2D eigenvalue weighted by atomic mass is 35.5. The number of ether oxygens (including phenoxy) is 2. The molecule has 0 bridgehead atoms. The van der Waals surface area contributed by atoms with Crippen molar-refractivity contribution in [1.29, 1.82) is 0 Å². The van der Waals surface area contributed by atoms with Gasteiger partial charge in [-0.05, 0) is 24.5 Å². The Morgan fingerprint density at radius 2 is 2.23 bits per heavy atom. The molecule has 0 N–H and O–H groups in total. The van der Waals surface area contributed by atoms with E-state index < -0.39 is 0 Å². The minimum absolute atomic E-state index is 0.259. The summed E-state index contributed by atoms with van der Waals surface area (Å²) in [6, 6.07) is 5.51. The highest BCUT2D eigenvalue weighted by Gasteiger charge is 2.02. The first-order valence-corrected chi connectivity index (χ1v) is 5.33. The van der Waals surface area contributed by atoms with E-state index >= 15 is 0 Å². The first-order chi connectivity index (χ1) is 6.27.